The van der Waals surface area contributed by atoms with Crippen LogP contribution >= 0.6 is 0 Å². The average Bonchev–Trinajstić information content (AvgIpc) is 2.60. The molecule has 0 heterocycles. The second-order valence-corrected chi connectivity index (χ2v) is 5.75. The minimum atomic E-state index is -0.429. The molecule has 0 saturated heterocycles. The highest BCUT2D eigenvalue weighted by atomic mass is 16.5. The topological polar surface area (TPSA) is 66.8 Å². The average molecular weight is 314 g/mol. The molecule has 2 atom stereocenters. The SMILES string of the molecule is CC(CO)c1ccc(C(=O)Oc2cccc(C(C)CO)c2)cc1. The van der Waals surface area contributed by atoms with E-state index in [9.17, 15) is 9.90 Å². The minimum absolute atomic E-state index is 0.00657. The molecule has 0 aliphatic carbocycles. The Morgan fingerprint density at radius 3 is 2.17 bits per heavy atom. The molecule has 2 N–H and O–H groups in total. The first-order valence-electron chi connectivity index (χ1n) is 7.69. The zero-order chi connectivity index (χ0) is 16.8. The number of esters is 1. The van der Waals surface area contributed by atoms with Gasteiger partial charge in [-0.05, 0) is 35.4 Å². The quantitative estimate of drug-likeness (QED) is 0.635. The predicted octanol–water partition coefficient (Wildman–Crippen LogP) is 3.10. The number of carbonyl (C=O) groups excluding carboxylic acids is 1. The lowest BCUT2D eigenvalue weighted by Crippen LogP contribution is -2.09. The lowest BCUT2D eigenvalue weighted by molar-refractivity contribution is 0.0734. The molecule has 23 heavy (non-hydrogen) atoms. The Bertz CT molecular complexity index is 649. The summed E-state index contributed by atoms with van der Waals surface area (Å²) >= 11 is 0. The van der Waals surface area contributed by atoms with Crippen molar-refractivity contribution in [1.29, 1.82) is 0 Å². The van der Waals surface area contributed by atoms with E-state index in [2.05, 4.69) is 0 Å². The zero-order valence-corrected chi connectivity index (χ0v) is 13.4. The van der Waals surface area contributed by atoms with Crippen LogP contribution in [0.2, 0.25) is 0 Å². The maximum atomic E-state index is 12.2. The van der Waals surface area contributed by atoms with Crippen molar-refractivity contribution in [2.24, 2.45) is 0 Å². The van der Waals surface area contributed by atoms with E-state index in [1.165, 1.54) is 0 Å². The lowest BCUT2D eigenvalue weighted by atomic mass is 10.0. The van der Waals surface area contributed by atoms with E-state index in [1.54, 1.807) is 30.3 Å². The fraction of sp³-hybridized carbons (Fsp3) is 0.316. The van der Waals surface area contributed by atoms with Crippen molar-refractivity contribution in [2.75, 3.05) is 13.2 Å². The molecule has 2 unspecified atom stereocenters. The smallest absolute Gasteiger partial charge is 0.343 e. The molecule has 122 valence electrons. The molecule has 4 nitrogen and oxygen atoms in total. The molecular formula is C19H22O4. The highest BCUT2D eigenvalue weighted by Crippen LogP contribution is 2.22. The summed E-state index contributed by atoms with van der Waals surface area (Å²) in [5.74, 6) is 0.0623. The van der Waals surface area contributed by atoms with Gasteiger partial charge in [0.2, 0.25) is 0 Å². The van der Waals surface area contributed by atoms with Crippen LogP contribution < -0.4 is 4.74 Å². The molecule has 0 aromatic heterocycles. The van der Waals surface area contributed by atoms with E-state index in [0.717, 1.165) is 11.1 Å². The predicted molar refractivity (Wildman–Crippen MR) is 88.8 cm³/mol. The van der Waals surface area contributed by atoms with Crippen molar-refractivity contribution in [3.8, 4) is 5.75 Å². The van der Waals surface area contributed by atoms with Crippen LogP contribution in [-0.2, 0) is 0 Å². The second kappa shape index (κ2) is 7.90. The Morgan fingerprint density at radius 1 is 0.957 bits per heavy atom. The second-order valence-electron chi connectivity index (χ2n) is 5.75. The van der Waals surface area contributed by atoms with E-state index < -0.39 is 5.97 Å². The number of aliphatic hydroxyl groups is 2. The van der Waals surface area contributed by atoms with Crippen LogP contribution in [0.3, 0.4) is 0 Å². The molecule has 0 aliphatic rings. The summed E-state index contributed by atoms with van der Waals surface area (Å²) in [4.78, 5) is 12.2. The number of carbonyl (C=O) groups is 1. The number of ether oxygens (including phenoxy) is 1. The number of aliphatic hydroxyl groups excluding tert-OH is 2. The van der Waals surface area contributed by atoms with E-state index >= 15 is 0 Å². The standard InChI is InChI=1S/C19H22O4/c1-13(11-20)15-6-8-16(9-7-15)19(22)23-18-5-3-4-17(10-18)14(2)12-21/h3-10,13-14,20-21H,11-12H2,1-2H3. The lowest BCUT2D eigenvalue weighted by Gasteiger charge is -2.11. The van der Waals surface area contributed by atoms with Crippen molar-refractivity contribution in [1.82, 2.24) is 0 Å². The van der Waals surface area contributed by atoms with E-state index in [-0.39, 0.29) is 25.0 Å². The van der Waals surface area contributed by atoms with Crippen molar-refractivity contribution in [3.05, 3.63) is 65.2 Å². The first kappa shape index (κ1) is 17.2. The number of rotatable bonds is 6. The van der Waals surface area contributed by atoms with Gasteiger partial charge in [0.1, 0.15) is 5.75 Å². The summed E-state index contributed by atoms with van der Waals surface area (Å²) in [7, 11) is 0. The highest BCUT2D eigenvalue weighted by Gasteiger charge is 2.11. The molecule has 2 aromatic rings. The summed E-state index contributed by atoms with van der Waals surface area (Å²) in [5.41, 5.74) is 2.35. The van der Waals surface area contributed by atoms with Crippen LogP contribution in [0.15, 0.2) is 48.5 Å². The maximum Gasteiger partial charge on any atom is 0.343 e. The summed E-state index contributed by atoms with van der Waals surface area (Å²) in [6.45, 7) is 3.94. The highest BCUT2D eigenvalue weighted by molar-refractivity contribution is 5.91. The van der Waals surface area contributed by atoms with E-state index in [1.807, 2.05) is 32.0 Å². The van der Waals surface area contributed by atoms with Crippen LogP contribution in [0.4, 0.5) is 0 Å². The molecule has 2 rings (SSSR count). The van der Waals surface area contributed by atoms with Crippen LogP contribution in [0.25, 0.3) is 0 Å². The van der Waals surface area contributed by atoms with Crippen molar-refractivity contribution >= 4 is 5.97 Å². The Hall–Kier alpha value is -2.17. The Labute approximate surface area is 136 Å². The molecule has 2 aromatic carbocycles. The van der Waals surface area contributed by atoms with Gasteiger partial charge in [-0.25, -0.2) is 4.79 Å². The summed E-state index contributed by atoms with van der Waals surface area (Å²) in [6, 6.07) is 14.2. The fourth-order valence-corrected chi connectivity index (χ4v) is 2.21. The van der Waals surface area contributed by atoms with E-state index in [0.29, 0.717) is 11.3 Å². The van der Waals surface area contributed by atoms with Crippen LogP contribution in [-0.4, -0.2) is 29.4 Å². The number of hydrogen-bond acceptors (Lipinski definition) is 4. The van der Waals surface area contributed by atoms with Gasteiger partial charge in [0.05, 0.1) is 5.56 Å². The third-order valence-corrected chi connectivity index (χ3v) is 3.90. The molecule has 0 radical (unpaired) electrons. The van der Waals surface area contributed by atoms with Gasteiger partial charge in [0.15, 0.2) is 0 Å². The van der Waals surface area contributed by atoms with Crippen LogP contribution in [0.5, 0.6) is 5.75 Å². The van der Waals surface area contributed by atoms with E-state index in [4.69, 9.17) is 9.84 Å². The van der Waals surface area contributed by atoms with Crippen molar-refractivity contribution in [2.45, 2.75) is 25.7 Å². The Kier molecular flexibility index (Phi) is 5.90. The van der Waals surface area contributed by atoms with Gasteiger partial charge in [0.25, 0.3) is 0 Å². The summed E-state index contributed by atoms with van der Waals surface area (Å²) in [6.07, 6.45) is 0. The van der Waals surface area contributed by atoms with Gasteiger partial charge < -0.3 is 14.9 Å². The zero-order valence-electron chi connectivity index (χ0n) is 13.4. The molecule has 0 amide bonds. The summed E-state index contributed by atoms with van der Waals surface area (Å²) < 4.78 is 5.39. The normalized spacial score (nSPS) is 13.4. The van der Waals surface area contributed by atoms with Crippen molar-refractivity contribution in [3.63, 3.8) is 0 Å². The summed E-state index contributed by atoms with van der Waals surface area (Å²) in [5, 5.41) is 18.3. The minimum Gasteiger partial charge on any atom is -0.423 e. The molecule has 0 spiro atoms. The van der Waals surface area contributed by atoms with Crippen LogP contribution in [0.1, 0.15) is 47.2 Å². The monoisotopic (exact) mass is 314 g/mol. The van der Waals surface area contributed by atoms with Gasteiger partial charge >= 0.3 is 5.97 Å². The molecule has 0 fully saturated rings. The third-order valence-electron chi connectivity index (χ3n) is 3.90. The largest absolute Gasteiger partial charge is 0.423 e. The van der Waals surface area contributed by atoms with Gasteiger partial charge in [-0.1, -0.05) is 38.1 Å². The maximum absolute atomic E-state index is 12.2. The van der Waals surface area contributed by atoms with Crippen LogP contribution in [0, 0.1) is 0 Å². The number of benzene rings is 2. The Morgan fingerprint density at radius 2 is 1.57 bits per heavy atom. The van der Waals surface area contributed by atoms with Gasteiger partial charge in [-0.3, -0.25) is 0 Å². The molecule has 0 saturated carbocycles. The molecule has 0 bridgehead atoms. The fourth-order valence-electron chi connectivity index (χ4n) is 2.21. The molecule has 4 heteroatoms. The first-order chi connectivity index (χ1) is 11.0. The molecular weight excluding hydrogens is 292 g/mol. The number of hydrogen-bond donors (Lipinski definition) is 2. The van der Waals surface area contributed by atoms with Crippen molar-refractivity contribution < 1.29 is 19.7 Å². The first-order valence-corrected chi connectivity index (χ1v) is 7.69. The Balaban J connectivity index is 2.10. The van der Waals surface area contributed by atoms with Gasteiger partial charge in [-0.15, -0.1) is 0 Å². The van der Waals surface area contributed by atoms with Gasteiger partial charge in [-0.2, -0.15) is 0 Å². The van der Waals surface area contributed by atoms with Gasteiger partial charge in [0, 0.05) is 25.0 Å². The third kappa shape index (κ3) is 4.41. The molecule has 0 aliphatic heterocycles.